The van der Waals surface area contributed by atoms with Crippen molar-refractivity contribution in [2.24, 2.45) is 17.3 Å². The van der Waals surface area contributed by atoms with Crippen molar-refractivity contribution in [2.45, 2.75) is 33.2 Å². The summed E-state index contributed by atoms with van der Waals surface area (Å²) in [6.45, 7) is 5.71. The maximum absolute atomic E-state index is 12.5. The first-order chi connectivity index (χ1) is 9.26. The lowest BCUT2D eigenvalue weighted by Gasteiger charge is -2.25. The van der Waals surface area contributed by atoms with E-state index < -0.39 is 23.2 Å². The Morgan fingerprint density at radius 1 is 1.45 bits per heavy atom. The summed E-state index contributed by atoms with van der Waals surface area (Å²) in [5.74, 6) is -1.86. The number of carbonyl (C=O) groups is 2. The van der Waals surface area contributed by atoms with Gasteiger partial charge in [-0.3, -0.25) is 9.59 Å². The molecule has 0 aliphatic heterocycles. The molecule has 3 unspecified atom stereocenters. The monoisotopic (exact) mass is 295 g/mol. The Morgan fingerprint density at radius 2 is 2.10 bits per heavy atom. The molecule has 1 aliphatic carbocycles. The van der Waals surface area contributed by atoms with Gasteiger partial charge in [-0.25, -0.2) is 0 Å². The molecule has 5 heteroatoms. The van der Waals surface area contributed by atoms with Crippen LogP contribution < -0.4 is 0 Å². The van der Waals surface area contributed by atoms with E-state index in [1.807, 2.05) is 32.2 Å². The van der Waals surface area contributed by atoms with Crippen LogP contribution in [-0.4, -0.2) is 35.0 Å². The van der Waals surface area contributed by atoms with Gasteiger partial charge >= 0.3 is 5.97 Å². The van der Waals surface area contributed by atoms with Crippen LogP contribution in [0.1, 0.15) is 25.6 Å². The Kier molecular flexibility index (Phi) is 3.91. The van der Waals surface area contributed by atoms with E-state index in [4.69, 9.17) is 5.11 Å². The van der Waals surface area contributed by atoms with Gasteiger partial charge in [-0.1, -0.05) is 19.9 Å². The highest BCUT2D eigenvalue weighted by molar-refractivity contribution is 7.09. The number of rotatable bonds is 5. The number of aliphatic carboxylic acids is 1. The minimum absolute atomic E-state index is 0.0496. The van der Waals surface area contributed by atoms with E-state index in [-0.39, 0.29) is 11.9 Å². The molecule has 1 saturated carbocycles. The lowest BCUT2D eigenvalue weighted by molar-refractivity contribution is -0.142. The zero-order valence-corrected chi connectivity index (χ0v) is 13.1. The van der Waals surface area contributed by atoms with Crippen LogP contribution in [0, 0.1) is 17.3 Å². The third kappa shape index (κ3) is 2.59. The van der Waals surface area contributed by atoms with E-state index in [0.29, 0.717) is 0 Å². The highest BCUT2D eigenvalue weighted by Gasteiger charge is 2.66. The van der Waals surface area contributed by atoms with Crippen molar-refractivity contribution in [1.29, 1.82) is 0 Å². The van der Waals surface area contributed by atoms with Crippen LogP contribution in [0.3, 0.4) is 0 Å². The summed E-state index contributed by atoms with van der Waals surface area (Å²) in [6.07, 6.45) is 0.810. The number of carbonyl (C=O) groups excluding carboxylic acids is 1. The topological polar surface area (TPSA) is 57.6 Å². The molecule has 1 fully saturated rings. The molecule has 20 heavy (non-hydrogen) atoms. The summed E-state index contributed by atoms with van der Waals surface area (Å²) in [6, 6.07) is 4.13. The molecule has 1 aliphatic rings. The molecule has 0 bridgehead atoms. The molecule has 0 spiro atoms. The van der Waals surface area contributed by atoms with Crippen molar-refractivity contribution >= 4 is 23.2 Å². The third-order valence-corrected chi connectivity index (χ3v) is 5.34. The fraction of sp³-hybridized carbons (Fsp3) is 0.600. The van der Waals surface area contributed by atoms with Crippen molar-refractivity contribution in [3.8, 4) is 0 Å². The summed E-state index contributed by atoms with van der Waals surface area (Å²) < 4.78 is 0. The van der Waals surface area contributed by atoms with Crippen LogP contribution in [0.25, 0.3) is 0 Å². The second-order valence-corrected chi connectivity index (χ2v) is 7.23. The molecule has 1 N–H and O–H groups in total. The number of hydrogen-bond acceptors (Lipinski definition) is 3. The zero-order chi connectivity index (χ0) is 15.1. The first-order valence-corrected chi connectivity index (χ1v) is 7.66. The second kappa shape index (κ2) is 5.20. The van der Waals surface area contributed by atoms with E-state index in [9.17, 15) is 9.59 Å². The summed E-state index contributed by atoms with van der Waals surface area (Å²) in [5.41, 5.74) is -0.431. The maximum atomic E-state index is 12.5. The normalized spacial score (nSPS) is 25.0. The lowest BCUT2D eigenvalue weighted by atomic mass is 10.1. The number of amides is 1. The molecule has 0 radical (unpaired) electrons. The number of hydrogen-bond donors (Lipinski definition) is 1. The molecule has 0 saturated heterocycles. The Labute approximate surface area is 123 Å². The van der Waals surface area contributed by atoms with Gasteiger partial charge in [0.25, 0.3) is 0 Å². The van der Waals surface area contributed by atoms with Crippen molar-refractivity contribution < 1.29 is 14.7 Å². The van der Waals surface area contributed by atoms with E-state index >= 15 is 0 Å². The first kappa shape index (κ1) is 15.0. The lowest BCUT2D eigenvalue weighted by Crippen LogP contribution is -2.38. The maximum Gasteiger partial charge on any atom is 0.307 e. The first-order valence-electron chi connectivity index (χ1n) is 6.78. The second-order valence-electron chi connectivity index (χ2n) is 6.20. The van der Waals surface area contributed by atoms with Crippen molar-refractivity contribution in [3.05, 3.63) is 22.4 Å². The number of carboxylic acids is 1. The Balaban J connectivity index is 2.01. The largest absolute Gasteiger partial charge is 0.481 e. The molecule has 110 valence electrons. The van der Waals surface area contributed by atoms with E-state index in [0.717, 1.165) is 6.42 Å². The van der Waals surface area contributed by atoms with Crippen molar-refractivity contribution in [1.82, 2.24) is 4.90 Å². The predicted octanol–water partition coefficient (Wildman–Crippen LogP) is 2.49. The third-order valence-electron chi connectivity index (χ3n) is 4.44. The minimum atomic E-state index is -0.868. The average molecular weight is 295 g/mol. The molecule has 1 aromatic rings. The molecule has 1 heterocycles. The van der Waals surface area contributed by atoms with Crippen LogP contribution >= 0.6 is 11.3 Å². The van der Waals surface area contributed by atoms with Gasteiger partial charge in [-0.2, -0.15) is 0 Å². The minimum Gasteiger partial charge on any atom is -0.481 e. The van der Waals surface area contributed by atoms with E-state index in [2.05, 4.69) is 6.07 Å². The molecule has 0 aromatic carbocycles. The van der Waals surface area contributed by atoms with Gasteiger partial charge in [0.2, 0.25) is 5.91 Å². The standard InChI is InChI=1S/C15H21NO3S/c1-9(8-10-6-5-7-20-10)16(4)13(17)11-12(14(18)19)15(11,2)3/h5-7,9,11-12H,8H2,1-4H3,(H,18,19). The van der Waals surface area contributed by atoms with Gasteiger partial charge in [0.05, 0.1) is 11.8 Å². The highest BCUT2D eigenvalue weighted by atomic mass is 32.1. The SMILES string of the molecule is CC(Cc1cccs1)N(C)C(=O)C1C(C(=O)O)C1(C)C. The van der Waals surface area contributed by atoms with Gasteiger partial charge in [0.15, 0.2) is 0 Å². The number of nitrogens with zero attached hydrogens (tertiary/aromatic N) is 1. The van der Waals surface area contributed by atoms with Gasteiger partial charge in [-0.15, -0.1) is 11.3 Å². The van der Waals surface area contributed by atoms with Crippen molar-refractivity contribution in [3.63, 3.8) is 0 Å². The summed E-state index contributed by atoms with van der Waals surface area (Å²) >= 11 is 1.68. The molecule has 2 rings (SSSR count). The van der Waals surface area contributed by atoms with Gasteiger partial charge in [-0.05, 0) is 23.8 Å². The van der Waals surface area contributed by atoms with Crippen LogP contribution in [-0.2, 0) is 16.0 Å². The molecule has 1 amide bonds. The Morgan fingerprint density at radius 3 is 2.55 bits per heavy atom. The smallest absolute Gasteiger partial charge is 0.307 e. The van der Waals surface area contributed by atoms with Crippen molar-refractivity contribution in [2.75, 3.05) is 7.05 Å². The Bertz CT molecular complexity index is 509. The zero-order valence-electron chi connectivity index (χ0n) is 12.3. The number of carboxylic acid groups (broad SMARTS) is 1. The molecule has 4 nitrogen and oxygen atoms in total. The van der Waals surface area contributed by atoms with Gasteiger partial charge in [0.1, 0.15) is 0 Å². The molecule has 3 atom stereocenters. The molecular formula is C15H21NO3S. The average Bonchev–Trinajstić information content (AvgIpc) is 2.74. The predicted molar refractivity (Wildman–Crippen MR) is 78.7 cm³/mol. The van der Waals surface area contributed by atoms with Gasteiger partial charge < -0.3 is 10.0 Å². The number of likely N-dealkylation sites (N-methyl/N-ethyl adjacent to an activating group) is 1. The highest BCUT2D eigenvalue weighted by Crippen LogP contribution is 2.59. The molecule has 1 aromatic heterocycles. The van der Waals surface area contributed by atoms with Crippen LogP contribution in [0.5, 0.6) is 0 Å². The fourth-order valence-corrected chi connectivity index (χ4v) is 3.68. The number of thiophene rings is 1. The van der Waals surface area contributed by atoms with Crippen LogP contribution in [0.2, 0.25) is 0 Å². The van der Waals surface area contributed by atoms with Gasteiger partial charge in [0, 0.05) is 24.4 Å². The summed E-state index contributed by atoms with van der Waals surface area (Å²) in [7, 11) is 1.77. The van der Waals surface area contributed by atoms with E-state index in [1.54, 1.807) is 23.3 Å². The summed E-state index contributed by atoms with van der Waals surface area (Å²) in [4.78, 5) is 26.6. The quantitative estimate of drug-likeness (QED) is 0.908. The molecular weight excluding hydrogens is 274 g/mol. The fourth-order valence-electron chi connectivity index (χ4n) is 2.85. The van der Waals surface area contributed by atoms with Crippen LogP contribution in [0.4, 0.5) is 0 Å². The summed E-state index contributed by atoms with van der Waals surface area (Å²) in [5, 5.41) is 11.2. The van der Waals surface area contributed by atoms with Crippen LogP contribution in [0.15, 0.2) is 17.5 Å². The Hall–Kier alpha value is -1.36. The van der Waals surface area contributed by atoms with E-state index in [1.165, 1.54) is 4.88 Å².